The fourth-order valence-electron chi connectivity index (χ4n) is 1.65. The van der Waals surface area contributed by atoms with Gasteiger partial charge in [-0.25, -0.2) is 8.42 Å². The molecule has 0 bridgehead atoms. The number of nitrogens with zero attached hydrogens (tertiary/aromatic N) is 1. The lowest BCUT2D eigenvalue weighted by Gasteiger charge is -2.23. The number of furan rings is 1. The second-order valence-corrected chi connectivity index (χ2v) is 6.98. The van der Waals surface area contributed by atoms with Gasteiger partial charge in [0.1, 0.15) is 5.76 Å². The normalized spacial score (nSPS) is 13.3. The number of carbonyl (C=O) groups excluding carboxylic acids is 1. The van der Waals surface area contributed by atoms with Crippen molar-refractivity contribution in [1.82, 2.24) is 4.90 Å². The molecule has 1 rings (SSSR count). The van der Waals surface area contributed by atoms with E-state index in [1.807, 2.05) is 6.92 Å². The minimum atomic E-state index is -3.10. The summed E-state index contributed by atoms with van der Waals surface area (Å²) in [6.45, 7) is 5.26. The van der Waals surface area contributed by atoms with Crippen LogP contribution in [0.4, 0.5) is 0 Å². The van der Waals surface area contributed by atoms with Gasteiger partial charge in [0, 0.05) is 25.3 Å². The lowest BCUT2D eigenvalue weighted by molar-refractivity contribution is 0.0723. The summed E-state index contributed by atoms with van der Waals surface area (Å²) >= 11 is 0. The Bertz CT molecular complexity index is 533. The summed E-state index contributed by atoms with van der Waals surface area (Å²) in [5.41, 5.74) is 0. The molecule has 0 saturated heterocycles. The Morgan fingerprint density at radius 3 is 2.47 bits per heavy atom. The zero-order valence-corrected chi connectivity index (χ0v) is 12.7. The van der Waals surface area contributed by atoms with Crippen molar-refractivity contribution in [3.8, 4) is 0 Å². The van der Waals surface area contributed by atoms with Crippen LogP contribution in [0.15, 0.2) is 16.5 Å². The van der Waals surface area contributed by atoms with Crippen molar-refractivity contribution >= 4 is 15.7 Å². The molecule has 0 aliphatic rings. The first kappa shape index (κ1) is 15.8. The van der Waals surface area contributed by atoms with Crippen LogP contribution < -0.4 is 0 Å². The largest absolute Gasteiger partial charge is 0.456 e. The molecule has 1 aromatic rings. The molecule has 1 atom stereocenters. The zero-order chi connectivity index (χ0) is 14.6. The molecule has 0 fully saturated rings. The van der Waals surface area contributed by atoms with Crippen LogP contribution in [0.5, 0.6) is 0 Å². The molecule has 0 spiro atoms. The van der Waals surface area contributed by atoms with Gasteiger partial charge in [0.25, 0.3) is 5.91 Å². The summed E-state index contributed by atoms with van der Waals surface area (Å²) in [6.07, 6.45) is 0.719. The summed E-state index contributed by atoms with van der Waals surface area (Å²) in [5.74, 6) is 0.747. The van der Waals surface area contributed by atoms with Gasteiger partial charge in [-0.15, -0.1) is 0 Å². The molecular formula is C13H21NO4S. The van der Waals surface area contributed by atoms with E-state index in [1.165, 1.54) is 4.90 Å². The van der Waals surface area contributed by atoms with Crippen molar-refractivity contribution in [2.45, 2.75) is 33.2 Å². The number of hydrogen-bond donors (Lipinski definition) is 0. The average Bonchev–Trinajstić information content (AvgIpc) is 2.85. The second kappa shape index (κ2) is 6.23. The molecule has 0 aromatic carbocycles. The Hall–Kier alpha value is -1.30. The van der Waals surface area contributed by atoms with Crippen LogP contribution in [0.1, 0.15) is 37.1 Å². The first-order valence-electron chi connectivity index (χ1n) is 6.37. The van der Waals surface area contributed by atoms with E-state index in [2.05, 4.69) is 0 Å². The van der Waals surface area contributed by atoms with E-state index in [9.17, 15) is 13.2 Å². The molecule has 0 N–H and O–H groups in total. The highest BCUT2D eigenvalue weighted by atomic mass is 32.2. The monoisotopic (exact) mass is 287 g/mol. The van der Waals surface area contributed by atoms with E-state index in [4.69, 9.17) is 4.42 Å². The summed E-state index contributed by atoms with van der Waals surface area (Å²) in [5, 5.41) is 0. The van der Waals surface area contributed by atoms with Crippen LogP contribution in [0.2, 0.25) is 0 Å². The van der Waals surface area contributed by atoms with Crippen LogP contribution in [0, 0.1) is 0 Å². The van der Waals surface area contributed by atoms with Crippen molar-refractivity contribution in [2.75, 3.05) is 18.6 Å². The van der Waals surface area contributed by atoms with Crippen LogP contribution in [-0.4, -0.2) is 43.8 Å². The number of hydrogen-bond acceptors (Lipinski definition) is 4. The van der Waals surface area contributed by atoms with E-state index >= 15 is 0 Å². The lowest BCUT2D eigenvalue weighted by atomic mass is 10.3. The van der Waals surface area contributed by atoms with Gasteiger partial charge in [-0.2, -0.15) is 0 Å². The smallest absolute Gasteiger partial charge is 0.289 e. The molecule has 0 aliphatic carbocycles. The summed E-state index contributed by atoms with van der Waals surface area (Å²) in [7, 11) is -1.51. The summed E-state index contributed by atoms with van der Waals surface area (Å²) in [4.78, 5) is 13.5. The van der Waals surface area contributed by atoms with Crippen LogP contribution in [-0.2, 0) is 16.3 Å². The minimum absolute atomic E-state index is 0.0346. The van der Waals surface area contributed by atoms with Gasteiger partial charge in [-0.1, -0.05) is 13.8 Å². The number of aryl methyl sites for hydroxylation is 1. The Morgan fingerprint density at radius 2 is 2.00 bits per heavy atom. The third-order valence-corrected chi connectivity index (χ3v) is 5.01. The quantitative estimate of drug-likeness (QED) is 0.799. The predicted octanol–water partition coefficient (Wildman–Crippen LogP) is 1.74. The molecular weight excluding hydrogens is 266 g/mol. The lowest BCUT2D eigenvalue weighted by Crippen LogP contribution is -2.39. The molecule has 5 nitrogen and oxygen atoms in total. The highest BCUT2D eigenvalue weighted by Crippen LogP contribution is 2.13. The highest BCUT2D eigenvalue weighted by Gasteiger charge is 2.24. The number of sulfone groups is 1. The van der Waals surface area contributed by atoms with Gasteiger partial charge in [-0.3, -0.25) is 4.79 Å². The van der Waals surface area contributed by atoms with Gasteiger partial charge >= 0.3 is 0 Å². The number of rotatable bonds is 6. The first-order valence-corrected chi connectivity index (χ1v) is 8.19. The summed E-state index contributed by atoms with van der Waals surface area (Å²) < 4.78 is 28.5. The molecule has 108 valence electrons. The minimum Gasteiger partial charge on any atom is -0.456 e. The molecule has 1 heterocycles. The van der Waals surface area contributed by atoms with Crippen molar-refractivity contribution in [2.24, 2.45) is 0 Å². The standard InChI is InChI=1S/C13H21NO4S/c1-5-11-7-8-12(18-11)13(15)14(4)10(3)9-19(16,17)6-2/h7-8,10H,5-6,9H2,1-4H3/t10-/m0/s1. The first-order chi connectivity index (χ1) is 8.80. The van der Waals surface area contributed by atoms with Gasteiger partial charge in [0.15, 0.2) is 15.6 Å². The van der Waals surface area contributed by atoms with Gasteiger partial charge < -0.3 is 9.32 Å². The average molecular weight is 287 g/mol. The van der Waals surface area contributed by atoms with Gasteiger partial charge in [-0.05, 0) is 19.1 Å². The van der Waals surface area contributed by atoms with Crippen molar-refractivity contribution in [1.29, 1.82) is 0 Å². The fraction of sp³-hybridized carbons (Fsp3) is 0.615. The summed E-state index contributed by atoms with van der Waals surface area (Å²) in [6, 6.07) is 3.00. The third-order valence-electron chi connectivity index (χ3n) is 3.14. The Balaban J connectivity index is 2.76. The Morgan fingerprint density at radius 1 is 1.37 bits per heavy atom. The van der Waals surface area contributed by atoms with Crippen LogP contribution >= 0.6 is 0 Å². The molecule has 0 saturated carbocycles. The van der Waals surface area contributed by atoms with E-state index in [1.54, 1.807) is 33.0 Å². The maximum absolute atomic E-state index is 12.1. The SMILES string of the molecule is CCc1ccc(C(=O)N(C)[C@@H](C)CS(=O)(=O)CC)o1. The van der Waals surface area contributed by atoms with E-state index < -0.39 is 9.84 Å². The van der Waals surface area contributed by atoms with Crippen LogP contribution in [0.3, 0.4) is 0 Å². The molecule has 6 heteroatoms. The van der Waals surface area contributed by atoms with Crippen LogP contribution in [0.25, 0.3) is 0 Å². The molecule has 0 unspecified atom stereocenters. The van der Waals surface area contributed by atoms with E-state index in [0.29, 0.717) is 0 Å². The van der Waals surface area contributed by atoms with Crippen molar-refractivity contribution in [3.05, 3.63) is 23.7 Å². The molecule has 0 aliphatic heterocycles. The maximum atomic E-state index is 12.1. The van der Waals surface area contributed by atoms with Gasteiger partial charge in [0.05, 0.1) is 5.75 Å². The zero-order valence-electron chi connectivity index (χ0n) is 11.8. The van der Waals surface area contributed by atoms with Crippen molar-refractivity contribution < 1.29 is 17.6 Å². The number of amides is 1. The second-order valence-electron chi connectivity index (χ2n) is 4.58. The van der Waals surface area contributed by atoms with E-state index in [-0.39, 0.29) is 29.2 Å². The van der Waals surface area contributed by atoms with Gasteiger partial charge in [0.2, 0.25) is 0 Å². The Labute approximate surface area is 114 Å². The topological polar surface area (TPSA) is 67.6 Å². The third kappa shape index (κ3) is 4.09. The molecule has 1 aromatic heterocycles. The predicted molar refractivity (Wildman–Crippen MR) is 74.0 cm³/mol. The molecule has 19 heavy (non-hydrogen) atoms. The maximum Gasteiger partial charge on any atom is 0.289 e. The number of carbonyl (C=O) groups is 1. The highest BCUT2D eigenvalue weighted by molar-refractivity contribution is 7.91. The Kier molecular flexibility index (Phi) is 5.17. The molecule has 0 radical (unpaired) electrons. The van der Waals surface area contributed by atoms with Crippen molar-refractivity contribution in [3.63, 3.8) is 0 Å². The van der Waals surface area contributed by atoms with E-state index in [0.717, 1.165) is 12.2 Å². The fourth-order valence-corrected chi connectivity index (χ4v) is 2.85. The molecule has 1 amide bonds.